The van der Waals surface area contributed by atoms with Gasteiger partial charge in [-0.2, -0.15) is 4.31 Å². The van der Waals surface area contributed by atoms with E-state index in [2.05, 4.69) is 15.1 Å². The maximum atomic E-state index is 13.6. The molecule has 5 rings (SSSR count). The molecular weight excluding hydrogens is 554 g/mol. The second kappa shape index (κ2) is 13.0. The zero-order chi connectivity index (χ0) is 29.5. The van der Waals surface area contributed by atoms with Gasteiger partial charge in [0.05, 0.1) is 31.4 Å². The molecule has 1 aliphatic rings. The first kappa shape index (κ1) is 29.0. The summed E-state index contributed by atoms with van der Waals surface area (Å²) in [7, 11) is -0.799. The van der Waals surface area contributed by atoms with E-state index in [1.165, 1.54) is 23.5 Å². The summed E-state index contributed by atoms with van der Waals surface area (Å²) in [5, 5.41) is 8.79. The average molecular weight is 588 g/mol. The van der Waals surface area contributed by atoms with E-state index < -0.39 is 10.0 Å². The number of benzene rings is 3. The molecule has 2 heterocycles. The van der Waals surface area contributed by atoms with Crippen LogP contribution in [0.15, 0.2) is 95.9 Å². The van der Waals surface area contributed by atoms with E-state index in [9.17, 15) is 13.2 Å². The maximum absolute atomic E-state index is 13.6. The minimum atomic E-state index is -3.95. The highest BCUT2D eigenvalue weighted by Crippen LogP contribution is 2.24. The number of hydrogen-bond acceptors (Lipinski definition) is 8. The Morgan fingerprint density at radius 2 is 1.40 bits per heavy atom. The van der Waals surface area contributed by atoms with Crippen molar-refractivity contribution < 1.29 is 22.7 Å². The Hall–Kier alpha value is -4.48. The van der Waals surface area contributed by atoms with Crippen LogP contribution in [0, 0.1) is 0 Å². The lowest BCUT2D eigenvalue weighted by atomic mass is 10.1. The van der Waals surface area contributed by atoms with E-state index >= 15 is 0 Å². The Morgan fingerprint density at radius 3 is 1.98 bits per heavy atom. The molecule has 3 aromatic carbocycles. The number of rotatable bonds is 10. The van der Waals surface area contributed by atoms with Crippen molar-refractivity contribution in [1.82, 2.24) is 19.4 Å². The highest BCUT2D eigenvalue weighted by molar-refractivity contribution is 7.89. The number of hydrogen-bond donors (Lipinski definition) is 0. The number of carbonyl (C=O) groups is 1. The fraction of sp³-hybridized carbons (Fsp3) is 0.258. The zero-order valence-corrected chi connectivity index (χ0v) is 24.4. The predicted molar refractivity (Wildman–Crippen MR) is 160 cm³/mol. The number of aromatic nitrogens is 2. The van der Waals surface area contributed by atoms with Gasteiger partial charge in [0.15, 0.2) is 5.82 Å². The van der Waals surface area contributed by atoms with E-state index in [-0.39, 0.29) is 23.9 Å². The van der Waals surface area contributed by atoms with Gasteiger partial charge in [0.2, 0.25) is 15.9 Å². The van der Waals surface area contributed by atoms with Crippen LogP contribution < -0.4 is 14.4 Å². The monoisotopic (exact) mass is 587 g/mol. The summed E-state index contributed by atoms with van der Waals surface area (Å²) in [5.74, 6) is 1.81. The molecule has 11 heteroatoms. The number of amides is 1. The SMILES string of the molecule is COc1ccc(-c2ccc(N3CCN(C(=O)CN(Cc4ccccc4)S(=O)(=O)c4ccc(OC)cc4)CC3)nn2)cc1. The number of piperazine rings is 1. The molecule has 0 bridgehead atoms. The van der Waals surface area contributed by atoms with Crippen molar-refractivity contribution in [2.24, 2.45) is 0 Å². The predicted octanol–water partition coefficient (Wildman–Crippen LogP) is 3.70. The summed E-state index contributed by atoms with van der Waals surface area (Å²) in [6.07, 6.45) is 0. The van der Waals surface area contributed by atoms with Crippen molar-refractivity contribution in [2.75, 3.05) is 51.8 Å². The third-order valence-corrected chi connectivity index (χ3v) is 9.01. The van der Waals surface area contributed by atoms with Gasteiger partial charge in [0, 0.05) is 38.3 Å². The quantitative estimate of drug-likeness (QED) is 0.277. The molecule has 0 spiro atoms. The largest absolute Gasteiger partial charge is 0.497 e. The molecule has 1 fully saturated rings. The first-order valence-corrected chi connectivity index (χ1v) is 15.0. The minimum absolute atomic E-state index is 0.0804. The lowest BCUT2D eigenvalue weighted by Gasteiger charge is -2.36. The fourth-order valence-corrected chi connectivity index (χ4v) is 6.13. The summed E-state index contributed by atoms with van der Waals surface area (Å²) >= 11 is 0. The van der Waals surface area contributed by atoms with Gasteiger partial charge in [-0.25, -0.2) is 8.42 Å². The van der Waals surface area contributed by atoms with Crippen molar-refractivity contribution in [2.45, 2.75) is 11.4 Å². The second-order valence-electron chi connectivity index (χ2n) is 9.81. The van der Waals surface area contributed by atoms with Crippen LogP contribution >= 0.6 is 0 Å². The van der Waals surface area contributed by atoms with Crippen LogP contribution in [-0.4, -0.2) is 80.7 Å². The number of methoxy groups -OCH3 is 2. The van der Waals surface area contributed by atoms with Gasteiger partial charge < -0.3 is 19.3 Å². The van der Waals surface area contributed by atoms with Crippen LogP contribution in [0.25, 0.3) is 11.3 Å². The fourth-order valence-electron chi connectivity index (χ4n) is 4.76. The molecule has 1 amide bonds. The molecule has 1 aliphatic heterocycles. The Balaban J connectivity index is 1.24. The van der Waals surface area contributed by atoms with Gasteiger partial charge in [-0.15, -0.1) is 10.2 Å². The van der Waals surface area contributed by atoms with Crippen LogP contribution in [0.2, 0.25) is 0 Å². The number of anilines is 1. The van der Waals surface area contributed by atoms with Crippen LogP contribution in [-0.2, 0) is 21.4 Å². The standard InChI is InChI=1S/C31H33N5O5S/c1-40-26-10-8-25(9-11-26)29-16-17-30(33-32-29)34-18-20-35(21-19-34)31(37)23-36(22-24-6-4-3-5-7-24)42(38,39)28-14-12-27(41-2)13-15-28/h3-17H,18-23H2,1-2H3. The van der Waals surface area contributed by atoms with E-state index in [4.69, 9.17) is 9.47 Å². The van der Waals surface area contributed by atoms with Gasteiger partial charge in [-0.05, 0) is 66.2 Å². The summed E-state index contributed by atoms with van der Waals surface area (Å²) in [6, 6.07) is 26.9. The Kier molecular flexibility index (Phi) is 8.99. The molecule has 1 aromatic heterocycles. The van der Waals surface area contributed by atoms with Crippen molar-refractivity contribution in [1.29, 1.82) is 0 Å². The third kappa shape index (κ3) is 6.69. The molecule has 10 nitrogen and oxygen atoms in total. The minimum Gasteiger partial charge on any atom is -0.497 e. The molecular formula is C31H33N5O5S. The second-order valence-corrected chi connectivity index (χ2v) is 11.7. The highest BCUT2D eigenvalue weighted by Gasteiger charge is 2.30. The Bertz CT molecular complexity index is 1570. The highest BCUT2D eigenvalue weighted by atomic mass is 32.2. The molecule has 0 aliphatic carbocycles. The smallest absolute Gasteiger partial charge is 0.243 e. The summed E-state index contributed by atoms with van der Waals surface area (Å²) in [5.41, 5.74) is 2.49. The van der Waals surface area contributed by atoms with Crippen LogP contribution in [0.5, 0.6) is 11.5 Å². The van der Waals surface area contributed by atoms with Crippen molar-refractivity contribution >= 4 is 21.7 Å². The van der Waals surface area contributed by atoms with Crippen LogP contribution in [0.1, 0.15) is 5.56 Å². The van der Waals surface area contributed by atoms with Crippen LogP contribution in [0.3, 0.4) is 0 Å². The molecule has 0 atom stereocenters. The number of carbonyl (C=O) groups excluding carboxylic acids is 1. The molecule has 0 saturated carbocycles. The van der Waals surface area contributed by atoms with Crippen LogP contribution in [0.4, 0.5) is 5.82 Å². The van der Waals surface area contributed by atoms with Gasteiger partial charge >= 0.3 is 0 Å². The van der Waals surface area contributed by atoms with E-state index in [0.29, 0.717) is 31.9 Å². The van der Waals surface area contributed by atoms with Crippen molar-refractivity contribution in [3.8, 4) is 22.8 Å². The van der Waals surface area contributed by atoms with Crippen molar-refractivity contribution in [3.63, 3.8) is 0 Å². The summed E-state index contributed by atoms with van der Waals surface area (Å²) in [6.45, 7) is 1.83. The Labute approximate surface area is 246 Å². The first-order valence-electron chi connectivity index (χ1n) is 13.6. The lowest BCUT2D eigenvalue weighted by molar-refractivity contribution is -0.131. The zero-order valence-electron chi connectivity index (χ0n) is 23.6. The molecule has 0 N–H and O–H groups in total. The van der Waals surface area contributed by atoms with Gasteiger partial charge in [-0.3, -0.25) is 4.79 Å². The molecule has 0 unspecified atom stereocenters. The molecule has 0 radical (unpaired) electrons. The number of sulfonamides is 1. The third-order valence-electron chi connectivity index (χ3n) is 7.20. The summed E-state index contributed by atoms with van der Waals surface area (Å²) in [4.78, 5) is 17.3. The van der Waals surface area contributed by atoms with Crippen molar-refractivity contribution in [3.05, 3.63) is 96.6 Å². The number of nitrogens with zero attached hydrogens (tertiary/aromatic N) is 5. The maximum Gasteiger partial charge on any atom is 0.243 e. The topological polar surface area (TPSA) is 105 Å². The van der Waals surface area contributed by atoms with Gasteiger partial charge in [0.25, 0.3) is 0 Å². The van der Waals surface area contributed by atoms with Gasteiger partial charge in [0.1, 0.15) is 11.5 Å². The molecule has 4 aromatic rings. The van der Waals surface area contributed by atoms with E-state index in [1.54, 1.807) is 24.1 Å². The van der Waals surface area contributed by atoms with E-state index in [1.807, 2.05) is 66.7 Å². The number of ether oxygens (including phenoxy) is 2. The molecule has 1 saturated heterocycles. The Morgan fingerprint density at radius 1 is 0.786 bits per heavy atom. The summed E-state index contributed by atoms with van der Waals surface area (Å²) < 4.78 is 38.9. The molecule has 42 heavy (non-hydrogen) atoms. The first-order chi connectivity index (χ1) is 20.4. The normalized spacial score (nSPS) is 13.7. The van der Waals surface area contributed by atoms with E-state index in [0.717, 1.165) is 28.4 Å². The lowest BCUT2D eigenvalue weighted by Crippen LogP contribution is -2.52. The molecule has 218 valence electrons. The average Bonchev–Trinajstić information content (AvgIpc) is 3.05. The van der Waals surface area contributed by atoms with Gasteiger partial charge in [-0.1, -0.05) is 30.3 Å².